The summed E-state index contributed by atoms with van der Waals surface area (Å²) in [5.74, 6) is 0.697. The number of benzene rings is 2. The molecular formula is C23H25Cl2N5O. The van der Waals surface area contributed by atoms with E-state index in [4.69, 9.17) is 23.2 Å². The quantitative estimate of drug-likeness (QED) is 0.565. The summed E-state index contributed by atoms with van der Waals surface area (Å²) in [6.07, 6.45) is 0. The van der Waals surface area contributed by atoms with Crippen LogP contribution in [0.15, 0.2) is 42.5 Å². The highest BCUT2D eigenvalue weighted by Gasteiger charge is 2.24. The summed E-state index contributed by atoms with van der Waals surface area (Å²) in [5.41, 5.74) is 1.45. The fraction of sp³-hybridized carbons (Fsp3) is 0.348. The molecule has 1 saturated heterocycles. The number of carbonyl (C=O) groups is 1. The first kappa shape index (κ1) is 21.7. The maximum atomic E-state index is 12.9. The van der Waals surface area contributed by atoms with Crippen molar-refractivity contribution in [1.82, 2.24) is 15.1 Å². The number of rotatable bonds is 4. The molecule has 0 spiro atoms. The van der Waals surface area contributed by atoms with Gasteiger partial charge in [-0.25, -0.2) is 0 Å². The second-order valence-corrected chi connectivity index (χ2v) is 8.81. The second kappa shape index (κ2) is 8.89. The maximum Gasteiger partial charge on any atom is 0.274 e. The average Bonchev–Trinajstić information content (AvgIpc) is 2.79. The molecule has 0 unspecified atom stereocenters. The van der Waals surface area contributed by atoms with Gasteiger partial charge in [0.15, 0.2) is 11.5 Å². The molecule has 3 aromatic rings. The Kier molecular flexibility index (Phi) is 6.21. The van der Waals surface area contributed by atoms with Crippen molar-refractivity contribution in [2.24, 2.45) is 0 Å². The first-order valence-corrected chi connectivity index (χ1v) is 11.1. The Hall–Kier alpha value is -2.57. The molecule has 1 aromatic heterocycles. The van der Waals surface area contributed by atoms with Crippen molar-refractivity contribution < 1.29 is 4.79 Å². The molecule has 2 aromatic carbocycles. The van der Waals surface area contributed by atoms with Gasteiger partial charge in [-0.1, -0.05) is 47.5 Å². The van der Waals surface area contributed by atoms with Crippen LogP contribution < -0.4 is 9.80 Å². The van der Waals surface area contributed by atoms with E-state index in [-0.39, 0.29) is 11.9 Å². The predicted octanol–water partition coefficient (Wildman–Crippen LogP) is 4.74. The molecule has 4 rings (SSSR count). The summed E-state index contributed by atoms with van der Waals surface area (Å²) >= 11 is 12.2. The van der Waals surface area contributed by atoms with Crippen molar-refractivity contribution in [2.75, 3.05) is 43.0 Å². The zero-order valence-electron chi connectivity index (χ0n) is 17.8. The van der Waals surface area contributed by atoms with Gasteiger partial charge < -0.3 is 14.7 Å². The van der Waals surface area contributed by atoms with Crippen LogP contribution in [0.2, 0.25) is 10.0 Å². The van der Waals surface area contributed by atoms with Gasteiger partial charge in [0.1, 0.15) is 0 Å². The number of nitrogens with zero attached hydrogens (tertiary/aromatic N) is 5. The van der Waals surface area contributed by atoms with Crippen molar-refractivity contribution in [2.45, 2.75) is 19.9 Å². The number of carbonyl (C=O) groups excluding carboxylic acids is 1. The minimum atomic E-state index is -0.116. The highest BCUT2D eigenvalue weighted by atomic mass is 35.5. The standard InChI is InChI=1S/C23H25Cl2N5O/c1-15(2)28(3)23(31)21-17-6-4-5-7-18(17)22(27-26-21)30-12-10-29(11-13-30)16-8-9-19(24)20(25)14-16/h4-9,14-15H,10-13H2,1-3H3. The smallest absolute Gasteiger partial charge is 0.274 e. The van der Waals surface area contributed by atoms with Gasteiger partial charge >= 0.3 is 0 Å². The molecule has 0 saturated carbocycles. The molecule has 162 valence electrons. The molecule has 0 atom stereocenters. The van der Waals surface area contributed by atoms with E-state index in [1.54, 1.807) is 11.9 Å². The Balaban J connectivity index is 1.59. The third-order valence-electron chi connectivity index (χ3n) is 5.81. The third-order valence-corrected chi connectivity index (χ3v) is 6.55. The van der Waals surface area contributed by atoms with Crippen LogP contribution in [0, 0.1) is 0 Å². The molecule has 0 N–H and O–H groups in total. The SMILES string of the molecule is CC(C)N(C)C(=O)c1nnc(N2CCN(c3ccc(Cl)c(Cl)c3)CC2)c2ccccc12. The lowest BCUT2D eigenvalue weighted by Gasteiger charge is -2.37. The summed E-state index contributed by atoms with van der Waals surface area (Å²) in [6.45, 7) is 7.19. The van der Waals surface area contributed by atoms with Crippen LogP contribution in [-0.4, -0.2) is 60.3 Å². The van der Waals surface area contributed by atoms with Gasteiger partial charge in [-0.05, 0) is 32.0 Å². The Labute approximate surface area is 192 Å². The number of hydrogen-bond acceptors (Lipinski definition) is 5. The molecule has 1 aliphatic rings. The van der Waals surface area contributed by atoms with Crippen LogP contribution in [-0.2, 0) is 0 Å². The molecule has 31 heavy (non-hydrogen) atoms. The van der Waals surface area contributed by atoms with Gasteiger partial charge in [0.2, 0.25) is 0 Å². The van der Waals surface area contributed by atoms with Gasteiger partial charge in [0.25, 0.3) is 5.91 Å². The van der Waals surface area contributed by atoms with E-state index < -0.39 is 0 Å². The van der Waals surface area contributed by atoms with E-state index in [2.05, 4.69) is 20.0 Å². The Morgan fingerprint density at radius 3 is 2.23 bits per heavy atom. The van der Waals surface area contributed by atoms with Crippen LogP contribution in [0.5, 0.6) is 0 Å². The van der Waals surface area contributed by atoms with Crippen molar-refractivity contribution in [3.05, 3.63) is 58.2 Å². The van der Waals surface area contributed by atoms with Crippen LogP contribution in [0.3, 0.4) is 0 Å². The number of aromatic nitrogens is 2. The van der Waals surface area contributed by atoms with Crippen LogP contribution in [0.1, 0.15) is 24.3 Å². The van der Waals surface area contributed by atoms with E-state index in [0.29, 0.717) is 15.7 Å². The van der Waals surface area contributed by atoms with Gasteiger partial charge in [-0.15, -0.1) is 10.2 Å². The third kappa shape index (κ3) is 4.27. The van der Waals surface area contributed by atoms with Crippen LogP contribution in [0.25, 0.3) is 10.8 Å². The van der Waals surface area contributed by atoms with Gasteiger partial charge in [-0.2, -0.15) is 0 Å². The second-order valence-electron chi connectivity index (χ2n) is 8.00. The Bertz CT molecular complexity index is 1110. The summed E-state index contributed by atoms with van der Waals surface area (Å²) in [7, 11) is 1.79. The van der Waals surface area contributed by atoms with Gasteiger partial charge in [0.05, 0.1) is 10.0 Å². The Morgan fingerprint density at radius 2 is 1.58 bits per heavy atom. The first-order valence-electron chi connectivity index (χ1n) is 10.3. The van der Waals surface area contributed by atoms with Crippen molar-refractivity contribution >= 4 is 51.4 Å². The lowest BCUT2D eigenvalue weighted by molar-refractivity contribution is 0.0750. The number of halogens is 2. The molecule has 0 bridgehead atoms. The highest BCUT2D eigenvalue weighted by Crippen LogP contribution is 2.30. The minimum absolute atomic E-state index is 0.0854. The highest BCUT2D eigenvalue weighted by molar-refractivity contribution is 6.42. The van der Waals surface area contributed by atoms with Gasteiger partial charge in [-0.3, -0.25) is 4.79 Å². The molecule has 1 amide bonds. The van der Waals surface area contributed by atoms with Crippen LogP contribution in [0.4, 0.5) is 11.5 Å². The fourth-order valence-electron chi connectivity index (χ4n) is 3.74. The molecule has 1 fully saturated rings. The zero-order chi connectivity index (χ0) is 22.1. The van der Waals surface area contributed by atoms with E-state index in [1.807, 2.05) is 56.3 Å². The zero-order valence-corrected chi connectivity index (χ0v) is 19.4. The number of anilines is 2. The van der Waals surface area contributed by atoms with E-state index in [9.17, 15) is 4.79 Å². The molecular weight excluding hydrogens is 433 g/mol. The number of hydrogen-bond donors (Lipinski definition) is 0. The van der Waals surface area contributed by atoms with E-state index in [0.717, 1.165) is 48.5 Å². The van der Waals surface area contributed by atoms with Crippen molar-refractivity contribution in [3.8, 4) is 0 Å². The summed E-state index contributed by atoms with van der Waals surface area (Å²) < 4.78 is 0. The largest absolute Gasteiger partial charge is 0.368 e. The number of fused-ring (bicyclic) bond motifs is 1. The predicted molar refractivity (Wildman–Crippen MR) is 128 cm³/mol. The molecule has 0 radical (unpaired) electrons. The summed E-state index contributed by atoms with van der Waals surface area (Å²) in [4.78, 5) is 19.1. The average molecular weight is 458 g/mol. The molecule has 6 nitrogen and oxygen atoms in total. The lowest BCUT2D eigenvalue weighted by Crippen LogP contribution is -2.47. The van der Waals surface area contributed by atoms with Gasteiger partial charge in [0, 0.05) is 55.7 Å². The maximum absolute atomic E-state index is 12.9. The molecule has 1 aliphatic heterocycles. The monoisotopic (exact) mass is 457 g/mol. The number of piperazine rings is 1. The van der Waals surface area contributed by atoms with Crippen molar-refractivity contribution in [1.29, 1.82) is 0 Å². The topological polar surface area (TPSA) is 52.6 Å². The normalized spacial score (nSPS) is 14.4. The fourth-order valence-corrected chi connectivity index (χ4v) is 4.03. The lowest BCUT2D eigenvalue weighted by atomic mass is 10.1. The van der Waals surface area contributed by atoms with E-state index in [1.165, 1.54) is 0 Å². The number of amides is 1. The molecule has 0 aliphatic carbocycles. The van der Waals surface area contributed by atoms with Crippen molar-refractivity contribution in [3.63, 3.8) is 0 Å². The molecule has 8 heteroatoms. The summed E-state index contributed by atoms with van der Waals surface area (Å²) in [6, 6.07) is 13.7. The Morgan fingerprint density at radius 1 is 0.935 bits per heavy atom. The van der Waals surface area contributed by atoms with Crippen LogP contribution >= 0.6 is 23.2 Å². The molecule has 2 heterocycles. The van der Waals surface area contributed by atoms with E-state index >= 15 is 0 Å². The first-order chi connectivity index (χ1) is 14.9. The minimum Gasteiger partial charge on any atom is -0.368 e. The summed E-state index contributed by atoms with van der Waals surface area (Å²) in [5, 5.41) is 11.7.